The molecule has 1 N–H and O–H groups in total. The fourth-order valence-corrected chi connectivity index (χ4v) is 2.75. The Labute approximate surface area is 166 Å². The second-order valence-corrected chi connectivity index (χ2v) is 6.68. The standard InChI is InChI=1S/C23H25N3O2/c1-18(26(2)21-8-4-3-5-9-21)15-25-23(27)20-10-12-22(13-11-20)28-17-19-7-6-14-24-16-19/h3-14,16,18H,15,17H2,1-2H3,(H,25,27)/t18-/m0/s1. The van der Waals surface area contributed by atoms with Crippen molar-refractivity contribution >= 4 is 11.6 Å². The van der Waals surface area contributed by atoms with Gasteiger partial charge in [-0.1, -0.05) is 24.3 Å². The first-order valence-electron chi connectivity index (χ1n) is 9.31. The van der Waals surface area contributed by atoms with Gasteiger partial charge in [-0.15, -0.1) is 0 Å². The Morgan fingerprint density at radius 3 is 2.50 bits per heavy atom. The number of anilines is 1. The van der Waals surface area contributed by atoms with Crippen LogP contribution in [0.2, 0.25) is 0 Å². The summed E-state index contributed by atoms with van der Waals surface area (Å²) in [6.45, 7) is 3.09. The van der Waals surface area contributed by atoms with Crippen LogP contribution in [0.5, 0.6) is 5.75 Å². The van der Waals surface area contributed by atoms with E-state index in [0.717, 1.165) is 17.0 Å². The number of likely N-dealkylation sites (N-methyl/N-ethyl adjacent to an activating group) is 1. The van der Waals surface area contributed by atoms with E-state index in [1.54, 1.807) is 24.5 Å². The first-order valence-corrected chi connectivity index (χ1v) is 9.31. The van der Waals surface area contributed by atoms with Gasteiger partial charge in [-0.25, -0.2) is 0 Å². The SMILES string of the molecule is C[C@@H](CNC(=O)c1ccc(OCc2cccnc2)cc1)N(C)c1ccccc1. The number of aromatic nitrogens is 1. The maximum atomic E-state index is 12.4. The van der Waals surface area contributed by atoms with Gasteiger partial charge in [0.05, 0.1) is 0 Å². The van der Waals surface area contributed by atoms with Crippen LogP contribution in [-0.4, -0.2) is 30.5 Å². The monoisotopic (exact) mass is 375 g/mol. The highest BCUT2D eigenvalue weighted by molar-refractivity contribution is 5.94. The molecule has 28 heavy (non-hydrogen) atoms. The number of hydrogen-bond donors (Lipinski definition) is 1. The molecule has 5 nitrogen and oxygen atoms in total. The van der Waals surface area contributed by atoms with E-state index in [4.69, 9.17) is 4.74 Å². The van der Waals surface area contributed by atoms with Crippen molar-refractivity contribution in [1.82, 2.24) is 10.3 Å². The number of para-hydroxylation sites is 1. The van der Waals surface area contributed by atoms with Crippen LogP contribution in [0.1, 0.15) is 22.8 Å². The predicted molar refractivity (Wildman–Crippen MR) is 112 cm³/mol. The molecule has 0 radical (unpaired) electrons. The number of carbonyl (C=O) groups is 1. The third-order valence-corrected chi connectivity index (χ3v) is 4.63. The summed E-state index contributed by atoms with van der Waals surface area (Å²) < 4.78 is 5.73. The van der Waals surface area contributed by atoms with Gasteiger partial charge in [0.25, 0.3) is 5.91 Å². The Morgan fingerprint density at radius 2 is 1.82 bits per heavy atom. The highest BCUT2D eigenvalue weighted by Gasteiger charge is 2.12. The zero-order chi connectivity index (χ0) is 19.8. The molecule has 1 aromatic heterocycles. The van der Waals surface area contributed by atoms with Gasteiger partial charge in [-0.3, -0.25) is 9.78 Å². The number of amides is 1. The van der Waals surface area contributed by atoms with Crippen LogP contribution in [0, 0.1) is 0 Å². The number of nitrogens with one attached hydrogen (secondary N) is 1. The van der Waals surface area contributed by atoms with Crippen LogP contribution in [0.25, 0.3) is 0 Å². The molecule has 1 atom stereocenters. The first kappa shape index (κ1) is 19.4. The van der Waals surface area contributed by atoms with Crippen molar-refractivity contribution in [2.24, 2.45) is 0 Å². The van der Waals surface area contributed by atoms with Crippen molar-refractivity contribution in [2.75, 3.05) is 18.5 Å². The molecule has 0 unspecified atom stereocenters. The lowest BCUT2D eigenvalue weighted by molar-refractivity contribution is 0.0951. The van der Waals surface area contributed by atoms with E-state index in [2.05, 4.69) is 34.3 Å². The fourth-order valence-electron chi connectivity index (χ4n) is 2.75. The molecule has 2 aromatic carbocycles. The number of rotatable bonds is 8. The predicted octanol–water partition coefficient (Wildman–Crippen LogP) is 3.92. The Bertz CT molecular complexity index is 867. The highest BCUT2D eigenvalue weighted by atomic mass is 16.5. The Kier molecular flexibility index (Phi) is 6.63. The van der Waals surface area contributed by atoms with Crippen LogP contribution >= 0.6 is 0 Å². The molecule has 1 heterocycles. The van der Waals surface area contributed by atoms with E-state index in [1.165, 1.54) is 0 Å². The summed E-state index contributed by atoms with van der Waals surface area (Å²) in [4.78, 5) is 18.6. The summed E-state index contributed by atoms with van der Waals surface area (Å²) in [5.74, 6) is 0.629. The van der Waals surface area contributed by atoms with Crippen molar-refractivity contribution < 1.29 is 9.53 Å². The Morgan fingerprint density at radius 1 is 1.07 bits per heavy atom. The van der Waals surface area contributed by atoms with E-state index in [0.29, 0.717) is 18.7 Å². The minimum absolute atomic E-state index is 0.0906. The van der Waals surface area contributed by atoms with Crippen molar-refractivity contribution in [2.45, 2.75) is 19.6 Å². The van der Waals surface area contributed by atoms with E-state index in [9.17, 15) is 4.79 Å². The van der Waals surface area contributed by atoms with Gasteiger partial charge in [0, 0.05) is 48.8 Å². The summed E-state index contributed by atoms with van der Waals surface area (Å²) in [5, 5.41) is 3.00. The second kappa shape index (κ2) is 9.55. The van der Waals surface area contributed by atoms with Crippen molar-refractivity contribution in [3.8, 4) is 5.75 Å². The zero-order valence-electron chi connectivity index (χ0n) is 16.2. The van der Waals surface area contributed by atoms with Crippen LogP contribution < -0.4 is 15.0 Å². The molecule has 1 amide bonds. The largest absolute Gasteiger partial charge is 0.489 e. The van der Waals surface area contributed by atoms with Crippen LogP contribution in [0.15, 0.2) is 79.1 Å². The van der Waals surface area contributed by atoms with Crippen molar-refractivity contribution in [1.29, 1.82) is 0 Å². The summed E-state index contributed by atoms with van der Waals surface area (Å²) in [6.07, 6.45) is 3.50. The summed E-state index contributed by atoms with van der Waals surface area (Å²) >= 11 is 0. The van der Waals surface area contributed by atoms with E-state index < -0.39 is 0 Å². The summed E-state index contributed by atoms with van der Waals surface area (Å²) in [5.41, 5.74) is 2.74. The normalized spacial score (nSPS) is 11.5. The molecule has 0 aliphatic heterocycles. The number of ether oxygens (including phenoxy) is 1. The lowest BCUT2D eigenvalue weighted by Crippen LogP contribution is -2.40. The molecule has 0 saturated carbocycles. The number of benzene rings is 2. The minimum atomic E-state index is -0.0906. The van der Waals surface area contributed by atoms with Crippen molar-refractivity contribution in [3.05, 3.63) is 90.3 Å². The molecule has 0 aliphatic rings. The Hall–Kier alpha value is -3.34. The van der Waals surface area contributed by atoms with Crippen LogP contribution in [-0.2, 0) is 6.61 Å². The summed E-state index contributed by atoms with van der Waals surface area (Å²) in [6, 6.07) is 21.3. The van der Waals surface area contributed by atoms with E-state index in [-0.39, 0.29) is 11.9 Å². The lowest BCUT2D eigenvalue weighted by atomic mass is 10.2. The average molecular weight is 375 g/mol. The second-order valence-electron chi connectivity index (χ2n) is 6.68. The fraction of sp³-hybridized carbons (Fsp3) is 0.217. The zero-order valence-corrected chi connectivity index (χ0v) is 16.2. The molecular weight excluding hydrogens is 350 g/mol. The molecular formula is C23H25N3O2. The molecule has 0 fully saturated rings. The molecule has 0 saturated heterocycles. The van der Waals surface area contributed by atoms with Crippen molar-refractivity contribution in [3.63, 3.8) is 0 Å². The smallest absolute Gasteiger partial charge is 0.251 e. The summed E-state index contributed by atoms with van der Waals surface area (Å²) in [7, 11) is 2.03. The molecule has 144 valence electrons. The van der Waals surface area contributed by atoms with Crippen LogP contribution in [0.4, 0.5) is 5.69 Å². The van der Waals surface area contributed by atoms with E-state index in [1.807, 2.05) is 49.5 Å². The maximum absolute atomic E-state index is 12.4. The van der Waals surface area contributed by atoms with Crippen LogP contribution in [0.3, 0.4) is 0 Å². The molecule has 0 aliphatic carbocycles. The Balaban J connectivity index is 1.49. The van der Waals surface area contributed by atoms with E-state index >= 15 is 0 Å². The highest BCUT2D eigenvalue weighted by Crippen LogP contribution is 2.15. The first-order chi connectivity index (χ1) is 13.6. The van der Waals surface area contributed by atoms with Gasteiger partial charge in [0.2, 0.25) is 0 Å². The third-order valence-electron chi connectivity index (χ3n) is 4.63. The number of carbonyl (C=O) groups excluding carboxylic acids is 1. The quantitative estimate of drug-likeness (QED) is 0.648. The molecule has 0 bridgehead atoms. The average Bonchev–Trinajstić information content (AvgIpc) is 2.77. The lowest BCUT2D eigenvalue weighted by Gasteiger charge is -2.27. The van der Waals surface area contributed by atoms with Gasteiger partial charge < -0.3 is 15.0 Å². The topological polar surface area (TPSA) is 54.5 Å². The van der Waals surface area contributed by atoms with Gasteiger partial charge in [0.15, 0.2) is 0 Å². The van der Waals surface area contributed by atoms with Gasteiger partial charge in [-0.05, 0) is 49.4 Å². The third kappa shape index (κ3) is 5.33. The molecule has 5 heteroatoms. The number of nitrogens with zero attached hydrogens (tertiary/aromatic N) is 2. The number of hydrogen-bond acceptors (Lipinski definition) is 4. The molecule has 3 aromatic rings. The number of pyridine rings is 1. The molecule has 0 spiro atoms. The van der Waals surface area contributed by atoms with Gasteiger partial charge >= 0.3 is 0 Å². The van der Waals surface area contributed by atoms with Gasteiger partial charge in [0.1, 0.15) is 12.4 Å². The molecule has 3 rings (SSSR count). The minimum Gasteiger partial charge on any atom is -0.489 e. The van der Waals surface area contributed by atoms with Gasteiger partial charge in [-0.2, -0.15) is 0 Å². The maximum Gasteiger partial charge on any atom is 0.251 e.